The molecule has 0 radical (unpaired) electrons. The van der Waals surface area contributed by atoms with Crippen LogP contribution in [0.15, 0.2) is 41.5 Å². The van der Waals surface area contributed by atoms with E-state index < -0.39 is 54.6 Å². The first-order valence-electron chi connectivity index (χ1n) is 11.2. The standard InChI is InChI=1S/C23H23Cl2N7O7/c24-13-7-12(8-14(25)20(13)36)21(37)29-15-9-31(19(35)11-33)16-3-1-2-4-17(16)32(22(15)38)10-18(34)27-5-6-28-30-23(26)39/h1-4,6-8,15,33,36H,5,9-11H2,(H,27,34)(H,29,37)(H3,26,30,39)/b28-6+/t15-/m0/s1. The summed E-state index contributed by atoms with van der Waals surface area (Å²) in [6.45, 7) is -1.88. The SMILES string of the molecule is NC(=O)N/N=C/CNC(=O)CN1C(=O)[C@@H](NC(=O)c2cc(Cl)c(O)c(Cl)c2)CN(C(=O)CO)c2ccccc21. The Morgan fingerprint density at radius 3 is 2.38 bits per heavy atom. The minimum Gasteiger partial charge on any atom is -0.505 e. The average molecular weight is 580 g/mol. The summed E-state index contributed by atoms with van der Waals surface area (Å²) in [6.07, 6.45) is 1.17. The molecule has 2 aromatic carbocycles. The molecule has 2 aromatic rings. The van der Waals surface area contributed by atoms with E-state index in [0.29, 0.717) is 0 Å². The van der Waals surface area contributed by atoms with Gasteiger partial charge in [-0.05, 0) is 24.3 Å². The van der Waals surface area contributed by atoms with Crippen LogP contribution in [0.4, 0.5) is 16.2 Å². The van der Waals surface area contributed by atoms with E-state index in [0.717, 1.165) is 21.9 Å². The van der Waals surface area contributed by atoms with Crippen LogP contribution in [0.3, 0.4) is 0 Å². The van der Waals surface area contributed by atoms with Crippen molar-refractivity contribution in [3.63, 3.8) is 0 Å². The van der Waals surface area contributed by atoms with Gasteiger partial charge in [-0.25, -0.2) is 10.2 Å². The summed E-state index contributed by atoms with van der Waals surface area (Å²) in [5.41, 5.74) is 7.17. The average Bonchev–Trinajstić information content (AvgIpc) is 3.01. The molecule has 0 aromatic heterocycles. The predicted molar refractivity (Wildman–Crippen MR) is 142 cm³/mol. The summed E-state index contributed by atoms with van der Waals surface area (Å²) in [7, 11) is 0. The van der Waals surface area contributed by atoms with E-state index >= 15 is 0 Å². The lowest BCUT2D eigenvalue weighted by Gasteiger charge is -2.25. The van der Waals surface area contributed by atoms with Gasteiger partial charge in [0.05, 0.1) is 34.5 Å². The van der Waals surface area contributed by atoms with Crippen molar-refractivity contribution < 1.29 is 34.2 Å². The number of hydrogen-bond acceptors (Lipinski definition) is 8. The number of aliphatic hydroxyl groups is 1. The quantitative estimate of drug-likeness (QED) is 0.185. The molecule has 14 nitrogen and oxygen atoms in total. The van der Waals surface area contributed by atoms with Gasteiger partial charge in [0, 0.05) is 11.8 Å². The van der Waals surface area contributed by atoms with Crippen LogP contribution in [0, 0.1) is 0 Å². The number of amides is 6. The van der Waals surface area contributed by atoms with Crippen molar-refractivity contribution in [3.05, 3.63) is 52.0 Å². The topological polar surface area (TPSA) is 207 Å². The Hall–Kier alpha value is -4.40. The van der Waals surface area contributed by atoms with Crippen LogP contribution in [-0.2, 0) is 14.4 Å². The van der Waals surface area contributed by atoms with Gasteiger partial charge >= 0.3 is 6.03 Å². The smallest absolute Gasteiger partial charge is 0.332 e. The molecule has 1 heterocycles. The van der Waals surface area contributed by atoms with Crippen LogP contribution >= 0.6 is 23.2 Å². The zero-order valence-corrected chi connectivity index (χ0v) is 21.6. The fourth-order valence-electron chi connectivity index (χ4n) is 3.63. The molecular weight excluding hydrogens is 557 g/mol. The van der Waals surface area contributed by atoms with Crippen LogP contribution in [0.25, 0.3) is 0 Å². The van der Waals surface area contributed by atoms with Crippen molar-refractivity contribution in [2.45, 2.75) is 6.04 Å². The largest absolute Gasteiger partial charge is 0.505 e. The molecule has 39 heavy (non-hydrogen) atoms. The van der Waals surface area contributed by atoms with E-state index in [2.05, 4.69) is 15.7 Å². The van der Waals surface area contributed by atoms with Gasteiger partial charge < -0.3 is 31.5 Å². The van der Waals surface area contributed by atoms with Crippen molar-refractivity contribution >= 4 is 70.5 Å². The number of hydrogen-bond donors (Lipinski definition) is 6. The number of phenolic OH excluding ortho intramolecular Hbond substituents is 1. The molecule has 0 bridgehead atoms. The molecule has 16 heteroatoms. The molecule has 1 aliphatic heterocycles. The Morgan fingerprint density at radius 2 is 1.77 bits per heavy atom. The zero-order chi connectivity index (χ0) is 28.7. The number of aromatic hydroxyl groups is 1. The van der Waals surface area contributed by atoms with Crippen molar-refractivity contribution in [2.75, 3.05) is 36.0 Å². The Labute approximate surface area is 231 Å². The number of benzene rings is 2. The normalized spacial score (nSPS) is 14.9. The van der Waals surface area contributed by atoms with E-state index in [4.69, 9.17) is 28.9 Å². The number of aliphatic hydroxyl groups excluding tert-OH is 1. The number of urea groups is 1. The first-order valence-corrected chi connectivity index (χ1v) is 11.9. The number of carbonyl (C=O) groups is 5. The van der Waals surface area contributed by atoms with Gasteiger partial charge in [-0.1, -0.05) is 35.3 Å². The van der Waals surface area contributed by atoms with Gasteiger partial charge in [0.15, 0.2) is 5.75 Å². The van der Waals surface area contributed by atoms with Crippen LogP contribution in [-0.4, -0.2) is 78.4 Å². The van der Waals surface area contributed by atoms with Gasteiger partial charge in [0.1, 0.15) is 19.2 Å². The van der Waals surface area contributed by atoms with E-state index in [9.17, 15) is 34.2 Å². The third-order valence-corrected chi connectivity index (χ3v) is 5.95. The van der Waals surface area contributed by atoms with Crippen LogP contribution in [0.1, 0.15) is 10.4 Å². The number of nitrogens with zero attached hydrogens (tertiary/aromatic N) is 3. The third kappa shape index (κ3) is 7.13. The lowest BCUT2D eigenvalue weighted by atomic mass is 10.1. The van der Waals surface area contributed by atoms with Gasteiger partial charge in [0.25, 0.3) is 17.7 Å². The Kier molecular flexibility index (Phi) is 9.65. The number of halogens is 2. The summed E-state index contributed by atoms with van der Waals surface area (Å²) in [5, 5.41) is 27.4. The van der Waals surface area contributed by atoms with Crippen LogP contribution in [0.5, 0.6) is 5.75 Å². The number of rotatable bonds is 8. The summed E-state index contributed by atoms with van der Waals surface area (Å²) in [6, 6.07) is 6.22. The summed E-state index contributed by atoms with van der Waals surface area (Å²) >= 11 is 11.8. The highest BCUT2D eigenvalue weighted by molar-refractivity contribution is 6.37. The number of carbonyl (C=O) groups excluding carboxylic acids is 5. The number of nitrogens with two attached hydrogens (primary N) is 1. The van der Waals surface area contributed by atoms with Crippen LogP contribution < -0.4 is 31.6 Å². The van der Waals surface area contributed by atoms with Gasteiger partial charge in [-0.3, -0.25) is 24.1 Å². The Morgan fingerprint density at radius 1 is 1.13 bits per heavy atom. The number of nitrogens with one attached hydrogen (secondary N) is 3. The van der Waals surface area contributed by atoms with E-state index in [1.54, 1.807) is 12.1 Å². The Balaban J connectivity index is 1.91. The maximum absolute atomic E-state index is 13.7. The third-order valence-electron chi connectivity index (χ3n) is 5.37. The second-order valence-corrected chi connectivity index (χ2v) is 8.80. The summed E-state index contributed by atoms with van der Waals surface area (Å²) in [4.78, 5) is 64.8. The molecular formula is C23H23Cl2N7O7. The number of para-hydroxylation sites is 2. The number of fused-ring (bicyclic) bond motifs is 1. The van der Waals surface area contributed by atoms with Crippen molar-refractivity contribution in [1.29, 1.82) is 0 Å². The molecule has 0 aliphatic carbocycles. The lowest BCUT2D eigenvalue weighted by Crippen LogP contribution is -2.54. The minimum atomic E-state index is -1.37. The highest BCUT2D eigenvalue weighted by Gasteiger charge is 2.37. The van der Waals surface area contributed by atoms with Crippen molar-refractivity contribution in [3.8, 4) is 5.75 Å². The molecule has 0 saturated carbocycles. The van der Waals surface area contributed by atoms with Crippen molar-refractivity contribution in [2.24, 2.45) is 10.8 Å². The van der Waals surface area contributed by atoms with Gasteiger partial charge in [-0.15, -0.1) is 0 Å². The molecule has 1 aliphatic rings. The highest BCUT2D eigenvalue weighted by atomic mass is 35.5. The van der Waals surface area contributed by atoms with Crippen molar-refractivity contribution in [1.82, 2.24) is 16.1 Å². The molecule has 0 spiro atoms. The van der Waals surface area contributed by atoms with E-state index in [1.807, 2.05) is 5.43 Å². The fraction of sp³-hybridized carbons (Fsp3) is 0.217. The highest BCUT2D eigenvalue weighted by Crippen LogP contribution is 2.34. The molecule has 0 unspecified atom stereocenters. The Bertz CT molecular complexity index is 1310. The molecule has 6 amide bonds. The zero-order valence-electron chi connectivity index (χ0n) is 20.1. The van der Waals surface area contributed by atoms with E-state index in [1.165, 1.54) is 18.3 Å². The lowest BCUT2D eigenvalue weighted by molar-refractivity contribution is -0.124. The predicted octanol–water partition coefficient (Wildman–Crippen LogP) is -0.0602. The molecule has 1 atom stereocenters. The molecule has 0 saturated heterocycles. The second kappa shape index (κ2) is 12.9. The van der Waals surface area contributed by atoms with E-state index in [-0.39, 0.29) is 40.1 Å². The minimum absolute atomic E-state index is 0.0782. The molecule has 7 N–H and O–H groups in total. The monoisotopic (exact) mass is 579 g/mol. The summed E-state index contributed by atoms with van der Waals surface area (Å²) in [5.74, 6) is -3.35. The summed E-state index contributed by atoms with van der Waals surface area (Å²) < 4.78 is 0. The maximum Gasteiger partial charge on any atom is 0.332 e. The first kappa shape index (κ1) is 29.2. The van der Waals surface area contributed by atoms with Crippen LogP contribution in [0.2, 0.25) is 10.0 Å². The second-order valence-electron chi connectivity index (χ2n) is 7.98. The van der Waals surface area contributed by atoms with Gasteiger partial charge in [0.2, 0.25) is 5.91 Å². The molecule has 206 valence electrons. The number of hydrazone groups is 1. The molecule has 0 fully saturated rings. The number of primary amides is 1. The first-order chi connectivity index (χ1) is 18.5. The number of anilines is 2. The molecule has 3 rings (SSSR count). The van der Waals surface area contributed by atoms with Gasteiger partial charge in [-0.2, -0.15) is 5.10 Å². The fourth-order valence-corrected chi connectivity index (χ4v) is 4.12. The number of phenols is 1. The maximum atomic E-state index is 13.7.